The maximum Gasteiger partial charge on any atom is 0.251 e. The molecule has 0 unspecified atom stereocenters. The van der Waals surface area contributed by atoms with Gasteiger partial charge in [0.05, 0.1) is 5.69 Å². The molecule has 2 heterocycles. The zero-order valence-electron chi connectivity index (χ0n) is 13.4. The minimum Gasteiger partial charge on any atom is -0.350 e. The molecular weight excluding hydrogens is 292 g/mol. The van der Waals surface area contributed by atoms with Crippen LogP contribution in [0.3, 0.4) is 0 Å². The van der Waals surface area contributed by atoms with Crippen LogP contribution in [-0.4, -0.2) is 56.7 Å². The molecule has 0 radical (unpaired) electrons. The summed E-state index contributed by atoms with van der Waals surface area (Å²) in [6.45, 7) is 5.14. The lowest BCUT2D eigenvalue weighted by molar-refractivity contribution is 0.0937. The van der Waals surface area contributed by atoms with Gasteiger partial charge in [-0.1, -0.05) is 13.0 Å². The predicted octanol–water partition coefficient (Wildman–Crippen LogP) is 1.27. The molecule has 7 heteroatoms. The number of amides is 1. The Morgan fingerprint density at radius 3 is 2.87 bits per heavy atom. The molecular formula is C16H22N6O. The van der Waals surface area contributed by atoms with Crippen LogP contribution < -0.4 is 5.32 Å². The molecule has 0 spiro atoms. The first-order valence-corrected chi connectivity index (χ1v) is 8.13. The van der Waals surface area contributed by atoms with Gasteiger partial charge in [0, 0.05) is 18.2 Å². The standard InChI is InChI=1S/C16H22N6O/c1-2-14(21-8-3-4-9-21)11-17-16(23)13-6-5-7-15(10-13)22-12-18-19-20-22/h5-7,10,12,14H,2-4,8-9,11H2,1H3,(H,17,23)/t14-/m0/s1. The molecule has 1 N–H and O–H groups in total. The van der Waals surface area contributed by atoms with E-state index in [0.29, 0.717) is 18.2 Å². The molecule has 0 bridgehead atoms. The van der Waals surface area contributed by atoms with Crippen LogP contribution in [0.5, 0.6) is 0 Å². The van der Waals surface area contributed by atoms with Crippen LogP contribution in [0, 0.1) is 0 Å². The summed E-state index contributed by atoms with van der Waals surface area (Å²) in [6.07, 6.45) is 5.08. The summed E-state index contributed by atoms with van der Waals surface area (Å²) in [5.74, 6) is -0.0578. The average molecular weight is 314 g/mol. The van der Waals surface area contributed by atoms with Crippen LogP contribution >= 0.6 is 0 Å². The van der Waals surface area contributed by atoms with Crippen LogP contribution in [0.25, 0.3) is 5.69 Å². The van der Waals surface area contributed by atoms with Crippen LogP contribution in [0.15, 0.2) is 30.6 Å². The van der Waals surface area contributed by atoms with E-state index in [0.717, 1.165) is 25.2 Å². The highest BCUT2D eigenvalue weighted by Crippen LogP contribution is 2.14. The van der Waals surface area contributed by atoms with Gasteiger partial charge in [0.25, 0.3) is 5.91 Å². The van der Waals surface area contributed by atoms with E-state index in [1.54, 1.807) is 12.1 Å². The molecule has 1 aromatic heterocycles. The predicted molar refractivity (Wildman–Crippen MR) is 86.4 cm³/mol. The molecule has 1 fully saturated rings. The number of rotatable bonds is 6. The summed E-state index contributed by atoms with van der Waals surface area (Å²) in [4.78, 5) is 14.9. The van der Waals surface area contributed by atoms with E-state index in [1.165, 1.54) is 23.9 Å². The van der Waals surface area contributed by atoms with Crippen molar-refractivity contribution in [2.45, 2.75) is 32.2 Å². The summed E-state index contributed by atoms with van der Waals surface area (Å²) >= 11 is 0. The summed E-state index contributed by atoms with van der Waals surface area (Å²) in [6, 6.07) is 7.72. The molecule has 1 saturated heterocycles. The number of hydrogen-bond donors (Lipinski definition) is 1. The summed E-state index contributed by atoms with van der Waals surface area (Å²) in [5, 5.41) is 14.1. The fraction of sp³-hybridized carbons (Fsp3) is 0.500. The van der Waals surface area contributed by atoms with Gasteiger partial charge in [0.1, 0.15) is 6.33 Å². The number of nitrogens with zero attached hydrogens (tertiary/aromatic N) is 5. The molecule has 2 aromatic rings. The van der Waals surface area contributed by atoms with E-state index in [1.807, 2.05) is 12.1 Å². The van der Waals surface area contributed by atoms with Gasteiger partial charge in [-0.05, 0) is 61.0 Å². The van der Waals surface area contributed by atoms with Gasteiger partial charge in [-0.2, -0.15) is 0 Å². The fourth-order valence-electron chi connectivity index (χ4n) is 3.02. The van der Waals surface area contributed by atoms with Crippen molar-refractivity contribution >= 4 is 5.91 Å². The van der Waals surface area contributed by atoms with E-state index in [-0.39, 0.29) is 5.91 Å². The monoisotopic (exact) mass is 314 g/mol. The number of carbonyl (C=O) groups is 1. The Morgan fingerprint density at radius 2 is 2.17 bits per heavy atom. The number of nitrogens with one attached hydrogen (secondary N) is 1. The van der Waals surface area contributed by atoms with Gasteiger partial charge in [-0.3, -0.25) is 9.69 Å². The van der Waals surface area contributed by atoms with E-state index in [2.05, 4.69) is 32.7 Å². The van der Waals surface area contributed by atoms with Crippen LogP contribution in [0.4, 0.5) is 0 Å². The first kappa shape index (κ1) is 15.6. The molecule has 3 rings (SSSR count). The van der Waals surface area contributed by atoms with Gasteiger partial charge in [-0.15, -0.1) is 5.10 Å². The van der Waals surface area contributed by atoms with Crippen LogP contribution in [-0.2, 0) is 0 Å². The van der Waals surface area contributed by atoms with Crippen molar-refractivity contribution in [2.24, 2.45) is 0 Å². The van der Waals surface area contributed by atoms with E-state index >= 15 is 0 Å². The third-order valence-electron chi connectivity index (χ3n) is 4.35. The minimum absolute atomic E-state index is 0.0578. The molecule has 1 atom stereocenters. The van der Waals surface area contributed by atoms with Crippen molar-refractivity contribution in [2.75, 3.05) is 19.6 Å². The fourth-order valence-corrected chi connectivity index (χ4v) is 3.02. The van der Waals surface area contributed by atoms with Crippen molar-refractivity contribution in [3.63, 3.8) is 0 Å². The number of tetrazole rings is 1. The second-order valence-corrected chi connectivity index (χ2v) is 5.82. The maximum absolute atomic E-state index is 12.4. The first-order chi connectivity index (χ1) is 11.3. The summed E-state index contributed by atoms with van der Waals surface area (Å²) < 4.78 is 1.54. The first-order valence-electron chi connectivity index (χ1n) is 8.13. The molecule has 23 heavy (non-hydrogen) atoms. The van der Waals surface area contributed by atoms with Crippen molar-refractivity contribution < 1.29 is 4.79 Å². The Kier molecular flexibility index (Phi) is 4.97. The number of likely N-dealkylation sites (tertiary alicyclic amines) is 1. The van der Waals surface area contributed by atoms with Crippen molar-refractivity contribution in [1.29, 1.82) is 0 Å². The SMILES string of the molecule is CC[C@@H](CNC(=O)c1cccc(-n2cnnn2)c1)N1CCCC1. The van der Waals surface area contributed by atoms with E-state index in [4.69, 9.17) is 0 Å². The minimum atomic E-state index is -0.0578. The van der Waals surface area contributed by atoms with Gasteiger partial charge in [0.15, 0.2) is 0 Å². The molecule has 0 aliphatic carbocycles. The van der Waals surface area contributed by atoms with Crippen LogP contribution in [0.1, 0.15) is 36.5 Å². The second-order valence-electron chi connectivity index (χ2n) is 5.82. The topological polar surface area (TPSA) is 75.9 Å². The molecule has 7 nitrogen and oxygen atoms in total. The normalized spacial score (nSPS) is 16.4. The Morgan fingerprint density at radius 1 is 1.35 bits per heavy atom. The highest BCUT2D eigenvalue weighted by atomic mass is 16.1. The van der Waals surface area contributed by atoms with Crippen molar-refractivity contribution in [1.82, 2.24) is 30.4 Å². The molecule has 1 amide bonds. The Labute approximate surface area is 135 Å². The quantitative estimate of drug-likeness (QED) is 0.869. The van der Waals surface area contributed by atoms with Gasteiger partial charge in [-0.25, -0.2) is 4.68 Å². The second kappa shape index (κ2) is 7.32. The van der Waals surface area contributed by atoms with Gasteiger partial charge >= 0.3 is 0 Å². The van der Waals surface area contributed by atoms with Crippen molar-refractivity contribution in [3.8, 4) is 5.69 Å². The largest absolute Gasteiger partial charge is 0.350 e. The Bertz CT molecular complexity index is 636. The lowest BCUT2D eigenvalue weighted by atomic mass is 10.1. The summed E-state index contributed by atoms with van der Waals surface area (Å²) in [5.41, 5.74) is 1.39. The maximum atomic E-state index is 12.4. The zero-order valence-corrected chi connectivity index (χ0v) is 13.4. The van der Waals surface area contributed by atoms with Crippen LogP contribution in [0.2, 0.25) is 0 Å². The summed E-state index contributed by atoms with van der Waals surface area (Å²) in [7, 11) is 0. The number of aromatic nitrogens is 4. The number of carbonyl (C=O) groups excluding carboxylic acids is 1. The Hall–Kier alpha value is -2.28. The van der Waals surface area contributed by atoms with Crippen molar-refractivity contribution in [3.05, 3.63) is 36.2 Å². The molecule has 1 aromatic carbocycles. The smallest absolute Gasteiger partial charge is 0.251 e. The molecule has 0 saturated carbocycles. The molecule has 1 aliphatic heterocycles. The highest BCUT2D eigenvalue weighted by molar-refractivity contribution is 5.94. The lowest BCUT2D eigenvalue weighted by Crippen LogP contribution is -2.42. The average Bonchev–Trinajstić information content (AvgIpc) is 3.29. The van der Waals surface area contributed by atoms with E-state index < -0.39 is 0 Å². The zero-order chi connectivity index (χ0) is 16.1. The third-order valence-corrected chi connectivity index (χ3v) is 4.35. The molecule has 1 aliphatic rings. The Balaban J connectivity index is 1.62. The van der Waals surface area contributed by atoms with Gasteiger partial charge < -0.3 is 5.32 Å². The highest BCUT2D eigenvalue weighted by Gasteiger charge is 2.21. The van der Waals surface area contributed by atoms with Gasteiger partial charge in [0.2, 0.25) is 0 Å². The third kappa shape index (κ3) is 3.73. The lowest BCUT2D eigenvalue weighted by Gasteiger charge is -2.26. The molecule has 122 valence electrons. The van der Waals surface area contributed by atoms with E-state index in [9.17, 15) is 4.79 Å². The number of benzene rings is 1. The number of hydrogen-bond acceptors (Lipinski definition) is 5.